The van der Waals surface area contributed by atoms with Gasteiger partial charge in [0.25, 0.3) is 0 Å². The third-order valence-corrected chi connectivity index (χ3v) is 2.80. The van der Waals surface area contributed by atoms with E-state index in [4.69, 9.17) is 5.73 Å². The van der Waals surface area contributed by atoms with Crippen molar-refractivity contribution in [1.82, 2.24) is 10.3 Å². The summed E-state index contributed by atoms with van der Waals surface area (Å²) in [6.07, 6.45) is 2.44. The Morgan fingerprint density at radius 2 is 2.25 bits per heavy atom. The highest BCUT2D eigenvalue weighted by molar-refractivity contribution is 7.11. The fourth-order valence-electron chi connectivity index (χ4n) is 0.978. The van der Waals surface area contributed by atoms with Crippen LogP contribution in [0.2, 0.25) is 0 Å². The van der Waals surface area contributed by atoms with E-state index in [2.05, 4.69) is 10.3 Å². The van der Waals surface area contributed by atoms with E-state index < -0.39 is 6.04 Å². The third kappa shape index (κ3) is 5.65. The van der Waals surface area contributed by atoms with E-state index in [1.54, 1.807) is 17.5 Å². The molecule has 1 rings (SSSR count). The Morgan fingerprint density at radius 1 is 1.62 bits per heavy atom. The van der Waals surface area contributed by atoms with Gasteiger partial charge < -0.3 is 11.1 Å². The predicted molar refractivity (Wildman–Crippen MR) is 71.5 cm³/mol. The number of aryl methyl sites for hydroxylation is 1. The normalized spacial score (nSPS) is 10.9. The summed E-state index contributed by atoms with van der Waals surface area (Å²) in [7, 11) is 0. The second-order valence-corrected chi connectivity index (χ2v) is 4.40. The van der Waals surface area contributed by atoms with E-state index in [1.807, 2.05) is 13.8 Å². The monoisotopic (exact) mass is 285 g/mol. The minimum Gasteiger partial charge on any atom is -0.350 e. The quantitative estimate of drug-likeness (QED) is 0.884. The predicted octanol–water partition coefficient (Wildman–Crippen LogP) is 1.65. The Labute approximate surface area is 112 Å². The molecule has 3 N–H and O–H groups in total. The smallest absolute Gasteiger partial charge is 0.237 e. The molecular formula is C9H17Cl2N3OS. The molecule has 0 unspecified atom stereocenters. The van der Waals surface area contributed by atoms with Crippen LogP contribution < -0.4 is 11.1 Å². The minimum absolute atomic E-state index is 0. The van der Waals surface area contributed by atoms with Crippen molar-refractivity contribution in [3.05, 3.63) is 16.1 Å². The zero-order valence-corrected chi connectivity index (χ0v) is 11.7. The molecule has 0 fully saturated rings. The Hall–Kier alpha value is -0.360. The number of nitrogens with two attached hydrogens (primary N) is 1. The van der Waals surface area contributed by atoms with Crippen LogP contribution in [0.3, 0.4) is 0 Å². The average molecular weight is 286 g/mol. The number of carbonyl (C=O) groups is 1. The number of halogens is 2. The number of hydrogen-bond donors (Lipinski definition) is 2. The highest BCUT2D eigenvalue weighted by Gasteiger charge is 2.10. The molecule has 0 aromatic carbocycles. The van der Waals surface area contributed by atoms with Crippen LogP contribution in [0.25, 0.3) is 0 Å². The lowest BCUT2D eigenvalue weighted by Crippen LogP contribution is -2.39. The topological polar surface area (TPSA) is 68.0 Å². The number of hydrogen-bond acceptors (Lipinski definition) is 4. The fraction of sp³-hybridized carbons (Fsp3) is 0.556. The van der Waals surface area contributed by atoms with Crippen LogP contribution in [-0.4, -0.2) is 16.9 Å². The van der Waals surface area contributed by atoms with Crippen molar-refractivity contribution in [3.8, 4) is 0 Å². The van der Waals surface area contributed by atoms with Gasteiger partial charge in [-0.05, 0) is 13.3 Å². The number of nitrogens with zero attached hydrogens (tertiary/aromatic N) is 1. The molecular weight excluding hydrogens is 269 g/mol. The van der Waals surface area contributed by atoms with Crippen molar-refractivity contribution in [2.45, 2.75) is 32.9 Å². The van der Waals surface area contributed by atoms with Crippen molar-refractivity contribution in [2.75, 3.05) is 0 Å². The van der Waals surface area contributed by atoms with Gasteiger partial charge in [-0.1, -0.05) is 6.92 Å². The third-order valence-electron chi connectivity index (χ3n) is 1.88. The zero-order chi connectivity index (χ0) is 10.6. The molecule has 0 aliphatic heterocycles. The molecule has 0 radical (unpaired) electrons. The molecule has 0 aliphatic rings. The van der Waals surface area contributed by atoms with Gasteiger partial charge in [0, 0.05) is 11.1 Å². The van der Waals surface area contributed by atoms with Gasteiger partial charge >= 0.3 is 0 Å². The standard InChI is InChI=1S/C9H15N3OS.2ClH/c1-3-8(10)9(13)12-5-7-4-11-6(2)14-7;;/h4,8H,3,5,10H2,1-2H3,(H,12,13);2*1H/t8-;;/m0../s1. The average Bonchev–Trinajstić information content (AvgIpc) is 2.59. The van der Waals surface area contributed by atoms with Crippen molar-refractivity contribution < 1.29 is 4.79 Å². The van der Waals surface area contributed by atoms with Crippen LogP contribution in [0.15, 0.2) is 6.20 Å². The summed E-state index contributed by atoms with van der Waals surface area (Å²) in [6, 6.07) is -0.399. The minimum atomic E-state index is -0.399. The molecule has 1 amide bonds. The molecule has 0 spiro atoms. The molecule has 0 aliphatic carbocycles. The molecule has 16 heavy (non-hydrogen) atoms. The Bertz CT molecular complexity index is 319. The maximum Gasteiger partial charge on any atom is 0.237 e. The second-order valence-electron chi connectivity index (χ2n) is 3.08. The largest absolute Gasteiger partial charge is 0.350 e. The summed E-state index contributed by atoms with van der Waals surface area (Å²) in [4.78, 5) is 16.5. The molecule has 0 saturated heterocycles. The lowest BCUT2D eigenvalue weighted by Gasteiger charge is -2.08. The van der Waals surface area contributed by atoms with Gasteiger partial charge in [-0.2, -0.15) is 0 Å². The van der Waals surface area contributed by atoms with Crippen molar-refractivity contribution >= 4 is 42.1 Å². The zero-order valence-electron chi connectivity index (χ0n) is 9.23. The van der Waals surface area contributed by atoms with Crippen LogP contribution in [0.5, 0.6) is 0 Å². The van der Waals surface area contributed by atoms with E-state index in [0.29, 0.717) is 13.0 Å². The molecule has 0 bridgehead atoms. The van der Waals surface area contributed by atoms with E-state index in [1.165, 1.54) is 0 Å². The summed E-state index contributed by atoms with van der Waals surface area (Å²) in [6.45, 7) is 4.35. The lowest BCUT2D eigenvalue weighted by molar-refractivity contribution is -0.122. The Balaban J connectivity index is 0. The van der Waals surface area contributed by atoms with Crippen LogP contribution in [-0.2, 0) is 11.3 Å². The molecule has 7 heteroatoms. The first kappa shape index (κ1) is 18.0. The van der Waals surface area contributed by atoms with Gasteiger partial charge in [-0.3, -0.25) is 4.79 Å². The summed E-state index contributed by atoms with van der Waals surface area (Å²) in [5.74, 6) is -0.0986. The maximum atomic E-state index is 11.3. The molecule has 94 valence electrons. The van der Waals surface area contributed by atoms with Gasteiger partial charge in [0.15, 0.2) is 0 Å². The van der Waals surface area contributed by atoms with E-state index in [9.17, 15) is 4.79 Å². The van der Waals surface area contributed by atoms with Crippen LogP contribution in [0.1, 0.15) is 23.2 Å². The first-order chi connectivity index (χ1) is 6.63. The summed E-state index contributed by atoms with van der Waals surface area (Å²) >= 11 is 1.58. The Kier molecular flexibility index (Phi) is 9.86. The van der Waals surface area contributed by atoms with E-state index in [-0.39, 0.29) is 30.7 Å². The van der Waals surface area contributed by atoms with Gasteiger partial charge in [-0.25, -0.2) is 4.98 Å². The first-order valence-electron chi connectivity index (χ1n) is 4.58. The maximum absolute atomic E-state index is 11.3. The number of aromatic nitrogens is 1. The van der Waals surface area contributed by atoms with Gasteiger partial charge in [-0.15, -0.1) is 36.2 Å². The molecule has 4 nitrogen and oxygen atoms in total. The molecule has 1 aromatic heterocycles. The SMILES string of the molecule is CC[C@H](N)C(=O)NCc1cnc(C)s1.Cl.Cl. The molecule has 1 aromatic rings. The summed E-state index contributed by atoms with van der Waals surface area (Å²) in [5.41, 5.74) is 5.56. The van der Waals surface area contributed by atoms with Crippen LogP contribution in [0.4, 0.5) is 0 Å². The van der Waals surface area contributed by atoms with Crippen molar-refractivity contribution in [2.24, 2.45) is 5.73 Å². The molecule has 1 atom stereocenters. The summed E-state index contributed by atoms with van der Waals surface area (Å²) in [5, 5.41) is 3.78. The number of rotatable bonds is 4. The number of carbonyl (C=O) groups excluding carboxylic acids is 1. The van der Waals surface area contributed by atoms with E-state index >= 15 is 0 Å². The van der Waals surface area contributed by atoms with Gasteiger partial charge in [0.2, 0.25) is 5.91 Å². The van der Waals surface area contributed by atoms with Crippen molar-refractivity contribution in [1.29, 1.82) is 0 Å². The van der Waals surface area contributed by atoms with Gasteiger partial charge in [0.1, 0.15) is 0 Å². The Morgan fingerprint density at radius 3 is 2.69 bits per heavy atom. The fourth-order valence-corrected chi connectivity index (χ4v) is 1.71. The first-order valence-corrected chi connectivity index (χ1v) is 5.39. The van der Waals surface area contributed by atoms with Crippen molar-refractivity contribution in [3.63, 3.8) is 0 Å². The lowest BCUT2D eigenvalue weighted by atomic mass is 10.2. The summed E-state index contributed by atoms with van der Waals surface area (Å²) < 4.78 is 0. The highest BCUT2D eigenvalue weighted by Crippen LogP contribution is 2.10. The molecule has 0 saturated carbocycles. The number of thiazole rings is 1. The van der Waals surface area contributed by atoms with Gasteiger partial charge in [0.05, 0.1) is 17.6 Å². The number of nitrogens with one attached hydrogen (secondary N) is 1. The second kappa shape index (κ2) is 8.75. The van der Waals surface area contributed by atoms with Crippen LogP contribution >= 0.6 is 36.2 Å². The van der Waals surface area contributed by atoms with Crippen LogP contribution in [0, 0.1) is 6.92 Å². The van der Waals surface area contributed by atoms with E-state index in [0.717, 1.165) is 9.88 Å². The molecule has 1 heterocycles. The highest BCUT2D eigenvalue weighted by atomic mass is 35.5. The number of amides is 1.